The van der Waals surface area contributed by atoms with Gasteiger partial charge in [-0.1, -0.05) is 38.1 Å². The first-order chi connectivity index (χ1) is 9.22. The van der Waals surface area contributed by atoms with E-state index in [4.69, 9.17) is 4.74 Å². The maximum absolute atomic E-state index is 10.3. The molecule has 0 spiro atoms. The molecule has 1 N–H and O–H groups in total. The number of aliphatic hydroxyl groups is 1. The zero-order valence-electron chi connectivity index (χ0n) is 12.0. The maximum Gasteiger partial charge on any atom is 0.0916 e. The average molecular weight is 263 g/mol. The molecule has 3 nitrogen and oxygen atoms in total. The fourth-order valence-electron chi connectivity index (χ4n) is 2.52. The van der Waals surface area contributed by atoms with Crippen molar-refractivity contribution >= 4 is 0 Å². The van der Waals surface area contributed by atoms with Crippen LogP contribution in [0.4, 0.5) is 0 Å². The number of nitrogens with zero attached hydrogens (tertiary/aromatic N) is 1. The highest BCUT2D eigenvalue weighted by Crippen LogP contribution is 2.17. The van der Waals surface area contributed by atoms with Gasteiger partial charge in [-0.05, 0) is 24.0 Å². The molecule has 0 radical (unpaired) electrons. The monoisotopic (exact) mass is 263 g/mol. The summed E-state index contributed by atoms with van der Waals surface area (Å²) in [6.45, 7) is 7.62. The van der Waals surface area contributed by atoms with Crippen molar-refractivity contribution in [1.82, 2.24) is 4.90 Å². The lowest BCUT2D eigenvalue weighted by molar-refractivity contribution is -0.0418. The standard InChI is InChI=1S/C16H25NO2/c1-3-13-5-7-14(8-6-13)16(18)12-17-9-10-19-15(4-2)11-17/h5-8,15-16,18H,3-4,9-12H2,1-2H3. The van der Waals surface area contributed by atoms with Crippen molar-refractivity contribution in [2.24, 2.45) is 0 Å². The molecule has 1 aromatic carbocycles. The van der Waals surface area contributed by atoms with Crippen LogP contribution in [0.5, 0.6) is 0 Å². The number of ether oxygens (including phenoxy) is 1. The fourth-order valence-corrected chi connectivity index (χ4v) is 2.52. The number of β-amino-alcohol motifs (C(OH)–C–C–N with tert-alkyl or cyclic N) is 1. The summed E-state index contributed by atoms with van der Waals surface area (Å²) in [5.74, 6) is 0. The molecular formula is C16H25NO2. The molecule has 0 aliphatic carbocycles. The normalized spacial score (nSPS) is 22.4. The summed E-state index contributed by atoms with van der Waals surface area (Å²) in [5, 5.41) is 10.3. The van der Waals surface area contributed by atoms with Crippen molar-refractivity contribution < 1.29 is 9.84 Å². The first kappa shape index (κ1) is 14.5. The molecule has 2 unspecified atom stereocenters. The van der Waals surface area contributed by atoms with E-state index in [0.717, 1.165) is 38.1 Å². The third-order valence-electron chi connectivity index (χ3n) is 3.88. The molecule has 1 aliphatic heterocycles. The molecule has 2 rings (SSSR count). The van der Waals surface area contributed by atoms with Crippen LogP contribution in [0, 0.1) is 0 Å². The SMILES string of the molecule is CCc1ccc(C(O)CN2CCOC(CC)C2)cc1. The van der Waals surface area contributed by atoms with Crippen molar-refractivity contribution in [3.8, 4) is 0 Å². The summed E-state index contributed by atoms with van der Waals surface area (Å²) >= 11 is 0. The largest absolute Gasteiger partial charge is 0.387 e. The first-order valence-corrected chi connectivity index (χ1v) is 7.33. The lowest BCUT2D eigenvalue weighted by Crippen LogP contribution is -2.43. The van der Waals surface area contributed by atoms with E-state index in [1.165, 1.54) is 5.56 Å². The van der Waals surface area contributed by atoms with Crippen LogP contribution in [-0.4, -0.2) is 42.4 Å². The third kappa shape index (κ3) is 4.03. The molecule has 1 aromatic rings. The smallest absolute Gasteiger partial charge is 0.0916 e. The van der Waals surface area contributed by atoms with Crippen molar-refractivity contribution in [3.63, 3.8) is 0 Å². The molecule has 0 amide bonds. The Morgan fingerprint density at radius 2 is 2.05 bits per heavy atom. The van der Waals surface area contributed by atoms with Gasteiger partial charge in [-0.25, -0.2) is 0 Å². The van der Waals surface area contributed by atoms with Crippen LogP contribution >= 0.6 is 0 Å². The molecule has 1 fully saturated rings. The van der Waals surface area contributed by atoms with Gasteiger partial charge in [0.05, 0.1) is 18.8 Å². The zero-order valence-corrected chi connectivity index (χ0v) is 12.0. The fraction of sp³-hybridized carbons (Fsp3) is 0.625. The average Bonchev–Trinajstić information content (AvgIpc) is 2.47. The number of aliphatic hydroxyl groups excluding tert-OH is 1. The second kappa shape index (κ2) is 7.04. The highest BCUT2D eigenvalue weighted by Gasteiger charge is 2.21. The van der Waals surface area contributed by atoms with E-state index in [9.17, 15) is 5.11 Å². The molecule has 106 valence electrons. The molecule has 3 heteroatoms. The van der Waals surface area contributed by atoms with Crippen LogP contribution in [0.1, 0.15) is 37.5 Å². The minimum Gasteiger partial charge on any atom is -0.387 e. The highest BCUT2D eigenvalue weighted by molar-refractivity contribution is 5.24. The summed E-state index contributed by atoms with van der Waals surface area (Å²) < 4.78 is 5.65. The van der Waals surface area contributed by atoms with Crippen LogP contribution in [-0.2, 0) is 11.2 Å². The summed E-state index contributed by atoms with van der Waals surface area (Å²) in [6.07, 6.45) is 2.00. The van der Waals surface area contributed by atoms with Gasteiger partial charge in [-0.2, -0.15) is 0 Å². The number of hydrogen-bond acceptors (Lipinski definition) is 3. The predicted molar refractivity (Wildman–Crippen MR) is 77.3 cm³/mol. The molecule has 0 bridgehead atoms. The summed E-state index contributed by atoms with van der Waals surface area (Å²) in [4.78, 5) is 2.30. The minimum atomic E-state index is -0.401. The van der Waals surface area contributed by atoms with Gasteiger partial charge < -0.3 is 9.84 Å². The van der Waals surface area contributed by atoms with E-state index in [1.54, 1.807) is 0 Å². The van der Waals surface area contributed by atoms with Crippen LogP contribution in [0.25, 0.3) is 0 Å². The Morgan fingerprint density at radius 1 is 1.32 bits per heavy atom. The van der Waals surface area contributed by atoms with Crippen molar-refractivity contribution in [2.75, 3.05) is 26.2 Å². The Bertz CT molecular complexity index is 377. The van der Waals surface area contributed by atoms with Crippen molar-refractivity contribution in [1.29, 1.82) is 0 Å². The predicted octanol–water partition coefficient (Wildman–Crippen LogP) is 2.39. The quantitative estimate of drug-likeness (QED) is 0.885. The third-order valence-corrected chi connectivity index (χ3v) is 3.88. The maximum atomic E-state index is 10.3. The highest BCUT2D eigenvalue weighted by atomic mass is 16.5. The number of rotatable bonds is 5. The second-order valence-electron chi connectivity index (χ2n) is 5.27. The van der Waals surface area contributed by atoms with Gasteiger partial charge in [0.1, 0.15) is 0 Å². The van der Waals surface area contributed by atoms with Crippen molar-refractivity contribution in [3.05, 3.63) is 35.4 Å². The summed E-state index contributed by atoms with van der Waals surface area (Å²) in [6, 6.07) is 8.29. The number of benzene rings is 1. The molecule has 1 aliphatic rings. The Kier molecular flexibility index (Phi) is 5.37. The van der Waals surface area contributed by atoms with Crippen molar-refractivity contribution in [2.45, 2.75) is 38.9 Å². The number of morpholine rings is 1. The van der Waals surface area contributed by atoms with Gasteiger partial charge in [-0.15, -0.1) is 0 Å². The molecule has 1 saturated heterocycles. The van der Waals surface area contributed by atoms with Crippen LogP contribution in [0.15, 0.2) is 24.3 Å². The molecule has 19 heavy (non-hydrogen) atoms. The Balaban J connectivity index is 1.90. The zero-order chi connectivity index (χ0) is 13.7. The summed E-state index contributed by atoms with van der Waals surface area (Å²) in [5.41, 5.74) is 2.32. The summed E-state index contributed by atoms with van der Waals surface area (Å²) in [7, 11) is 0. The molecule has 2 atom stereocenters. The first-order valence-electron chi connectivity index (χ1n) is 7.33. The van der Waals surface area contributed by atoms with Gasteiger partial charge in [0.15, 0.2) is 0 Å². The number of hydrogen-bond donors (Lipinski definition) is 1. The van der Waals surface area contributed by atoms with E-state index in [1.807, 2.05) is 12.1 Å². The van der Waals surface area contributed by atoms with Crippen LogP contribution in [0.3, 0.4) is 0 Å². The van der Waals surface area contributed by atoms with Crippen LogP contribution < -0.4 is 0 Å². The van der Waals surface area contributed by atoms with E-state index >= 15 is 0 Å². The van der Waals surface area contributed by atoms with Gasteiger partial charge in [-0.3, -0.25) is 4.90 Å². The Labute approximate surface area is 116 Å². The van der Waals surface area contributed by atoms with Gasteiger partial charge in [0, 0.05) is 19.6 Å². The lowest BCUT2D eigenvalue weighted by Gasteiger charge is -2.33. The Morgan fingerprint density at radius 3 is 2.68 bits per heavy atom. The van der Waals surface area contributed by atoms with E-state index < -0.39 is 6.10 Å². The molecular weight excluding hydrogens is 238 g/mol. The second-order valence-corrected chi connectivity index (χ2v) is 5.27. The van der Waals surface area contributed by atoms with Gasteiger partial charge in [0.25, 0.3) is 0 Å². The topological polar surface area (TPSA) is 32.7 Å². The lowest BCUT2D eigenvalue weighted by atomic mass is 10.0. The molecule has 0 aromatic heterocycles. The molecule has 0 saturated carbocycles. The van der Waals surface area contributed by atoms with E-state index in [2.05, 4.69) is 30.9 Å². The van der Waals surface area contributed by atoms with Gasteiger partial charge >= 0.3 is 0 Å². The van der Waals surface area contributed by atoms with E-state index in [0.29, 0.717) is 12.6 Å². The Hall–Kier alpha value is -0.900. The van der Waals surface area contributed by atoms with Gasteiger partial charge in [0.2, 0.25) is 0 Å². The van der Waals surface area contributed by atoms with E-state index in [-0.39, 0.29) is 0 Å². The number of aryl methyl sites for hydroxylation is 1. The molecule has 1 heterocycles. The van der Waals surface area contributed by atoms with Crippen LogP contribution in [0.2, 0.25) is 0 Å². The minimum absolute atomic E-state index is 0.323.